The monoisotopic (exact) mass is 308 g/mol. The fourth-order valence-corrected chi connectivity index (χ4v) is 1.89. The highest BCUT2D eigenvalue weighted by Gasteiger charge is 2.13. The molecule has 0 saturated carbocycles. The van der Waals surface area contributed by atoms with Crippen molar-refractivity contribution in [2.75, 3.05) is 6.61 Å². The number of pyridine rings is 1. The fourth-order valence-electron chi connectivity index (χ4n) is 1.68. The lowest BCUT2D eigenvalue weighted by molar-refractivity contribution is 0.0926. The van der Waals surface area contributed by atoms with E-state index in [2.05, 4.69) is 10.3 Å². The Morgan fingerprint density at radius 2 is 2.29 bits per heavy atom. The summed E-state index contributed by atoms with van der Waals surface area (Å²) in [5.74, 6) is -0.261. The maximum absolute atomic E-state index is 13.0. The van der Waals surface area contributed by atoms with Crippen LogP contribution in [0.3, 0.4) is 0 Å². The molecular formula is C15H14ClFN2O2. The molecule has 1 heterocycles. The van der Waals surface area contributed by atoms with E-state index < -0.39 is 0 Å². The highest BCUT2D eigenvalue weighted by Crippen LogP contribution is 2.14. The summed E-state index contributed by atoms with van der Waals surface area (Å²) in [6, 6.07) is 7.11. The Balaban J connectivity index is 1.89. The summed E-state index contributed by atoms with van der Waals surface area (Å²) >= 11 is 5.90. The molecule has 2 aromatic rings. The number of nitrogens with one attached hydrogen (secondary N) is 1. The van der Waals surface area contributed by atoms with Crippen molar-refractivity contribution in [3.63, 3.8) is 0 Å². The van der Waals surface area contributed by atoms with Gasteiger partial charge in [0.05, 0.1) is 16.6 Å². The van der Waals surface area contributed by atoms with E-state index in [-0.39, 0.29) is 29.4 Å². The molecule has 1 N–H and O–H groups in total. The van der Waals surface area contributed by atoms with E-state index in [4.69, 9.17) is 16.3 Å². The summed E-state index contributed by atoms with van der Waals surface area (Å²) in [6.07, 6.45) is 2.90. The van der Waals surface area contributed by atoms with Crippen LogP contribution in [0.4, 0.5) is 4.39 Å². The second-order valence-corrected chi connectivity index (χ2v) is 4.91. The molecule has 21 heavy (non-hydrogen) atoms. The number of nitrogens with zero attached hydrogens (tertiary/aromatic N) is 1. The average Bonchev–Trinajstić information content (AvgIpc) is 2.45. The van der Waals surface area contributed by atoms with Gasteiger partial charge in [0.25, 0.3) is 5.91 Å². The molecule has 2 rings (SSSR count). The van der Waals surface area contributed by atoms with Crippen molar-refractivity contribution in [1.29, 1.82) is 0 Å². The van der Waals surface area contributed by atoms with Crippen molar-refractivity contribution >= 4 is 17.5 Å². The predicted molar refractivity (Wildman–Crippen MR) is 78.1 cm³/mol. The van der Waals surface area contributed by atoms with E-state index in [0.29, 0.717) is 11.3 Å². The lowest BCUT2D eigenvalue weighted by atomic mass is 10.2. The number of carbonyl (C=O) groups is 1. The van der Waals surface area contributed by atoms with Crippen LogP contribution in [0, 0.1) is 5.82 Å². The lowest BCUT2D eigenvalue weighted by Crippen LogP contribution is -2.36. The third-order valence-electron chi connectivity index (χ3n) is 2.69. The third-order valence-corrected chi connectivity index (χ3v) is 2.99. The minimum atomic E-state index is -0.368. The zero-order valence-corrected chi connectivity index (χ0v) is 12.1. The van der Waals surface area contributed by atoms with Gasteiger partial charge in [0, 0.05) is 18.5 Å². The molecule has 0 aliphatic heterocycles. The van der Waals surface area contributed by atoms with Crippen LogP contribution < -0.4 is 10.1 Å². The molecule has 110 valence electrons. The first-order valence-electron chi connectivity index (χ1n) is 6.35. The normalized spacial score (nSPS) is 11.8. The summed E-state index contributed by atoms with van der Waals surface area (Å²) in [4.78, 5) is 15.8. The first-order chi connectivity index (χ1) is 10.1. The van der Waals surface area contributed by atoms with Gasteiger partial charge >= 0.3 is 0 Å². The SMILES string of the molecule is CC(COc1cccc(F)c1)NC(=O)c1ccncc1Cl. The van der Waals surface area contributed by atoms with Gasteiger partial charge in [0.15, 0.2) is 0 Å². The molecule has 0 radical (unpaired) electrons. The number of aromatic nitrogens is 1. The summed E-state index contributed by atoms with van der Waals surface area (Å²) in [5.41, 5.74) is 0.351. The van der Waals surface area contributed by atoms with Gasteiger partial charge in [-0.25, -0.2) is 4.39 Å². The zero-order valence-electron chi connectivity index (χ0n) is 11.3. The highest BCUT2D eigenvalue weighted by molar-refractivity contribution is 6.33. The van der Waals surface area contributed by atoms with Crippen molar-refractivity contribution in [2.24, 2.45) is 0 Å². The molecular weight excluding hydrogens is 295 g/mol. The van der Waals surface area contributed by atoms with E-state index in [0.717, 1.165) is 0 Å². The molecule has 4 nitrogen and oxygen atoms in total. The Kier molecular flexibility index (Phi) is 5.11. The molecule has 0 aliphatic carbocycles. The van der Waals surface area contributed by atoms with E-state index in [9.17, 15) is 9.18 Å². The van der Waals surface area contributed by atoms with E-state index in [1.54, 1.807) is 19.1 Å². The highest BCUT2D eigenvalue weighted by atomic mass is 35.5. The number of carbonyl (C=O) groups excluding carboxylic acids is 1. The van der Waals surface area contributed by atoms with Gasteiger partial charge in [0.2, 0.25) is 0 Å². The van der Waals surface area contributed by atoms with Gasteiger partial charge in [-0.3, -0.25) is 9.78 Å². The number of amides is 1. The molecule has 1 unspecified atom stereocenters. The standard InChI is InChI=1S/C15H14ClFN2O2/c1-10(9-21-12-4-2-3-11(17)7-12)19-15(20)13-5-6-18-8-14(13)16/h2-8,10H,9H2,1H3,(H,19,20). The molecule has 0 aliphatic rings. The van der Waals surface area contributed by atoms with Crippen molar-refractivity contribution in [3.8, 4) is 5.75 Å². The van der Waals surface area contributed by atoms with Crippen LogP contribution in [0.15, 0.2) is 42.7 Å². The minimum Gasteiger partial charge on any atom is -0.491 e. The average molecular weight is 309 g/mol. The molecule has 0 fully saturated rings. The van der Waals surface area contributed by atoms with E-state index in [1.165, 1.54) is 30.6 Å². The molecule has 0 saturated heterocycles. The van der Waals surface area contributed by atoms with Crippen LogP contribution in [0.5, 0.6) is 5.75 Å². The van der Waals surface area contributed by atoms with Gasteiger partial charge in [-0.15, -0.1) is 0 Å². The summed E-state index contributed by atoms with van der Waals surface area (Å²) in [5, 5.41) is 3.04. The Bertz CT molecular complexity index is 637. The van der Waals surface area contributed by atoms with Crippen molar-refractivity contribution in [1.82, 2.24) is 10.3 Å². The van der Waals surface area contributed by atoms with Gasteiger partial charge in [-0.05, 0) is 25.1 Å². The van der Waals surface area contributed by atoms with Crippen LogP contribution in [0.25, 0.3) is 0 Å². The summed E-state index contributed by atoms with van der Waals surface area (Å²) < 4.78 is 18.4. The van der Waals surface area contributed by atoms with Crippen LogP contribution >= 0.6 is 11.6 Å². The maximum Gasteiger partial charge on any atom is 0.253 e. The molecule has 1 amide bonds. The number of halogens is 2. The molecule has 0 bridgehead atoms. The second-order valence-electron chi connectivity index (χ2n) is 4.50. The van der Waals surface area contributed by atoms with Gasteiger partial charge in [-0.2, -0.15) is 0 Å². The first kappa shape index (κ1) is 15.3. The van der Waals surface area contributed by atoms with Crippen molar-refractivity contribution in [3.05, 3.63) is 59.1 Å². The Labute approximate surface area is 126 Å². The molecule has 6 heteroatoms. The molecule has 1 aromatic carbocycles. The summed E-state index contributed by atoms with van der Waals surface area (Å²) in [7, 11) is 0. The Hall–Kier alpha value is -2.14. The topological polar surface area (TPSA) is 51.2 Å². The Morgan fingerprint density at radius 1 is 1.48 bits per heavy atom. The van der Waals surface area contributed by atoms with Crippen LogP contribution in [-0.4, -0.2) is 23.5 Å². The molecule has 1 aromatic heterocycles. The number of hydrogen-bond donors (Lipinski definition) is 1. The van der Waals surface area contributed by atoms with E-state index in [1.807, 2.05) is 0 Å². The summed E-state index contributed by atoms with van der Waals surface area (Å²) in [6.45, 7) is 2.00. The maximum atomic E-state index is 13.0. The van der Waals surface area contributed by atoms with Crippen molar-refractivity contribution in [2.45, 2.75) is 13.0 Å². The lowest BCUT2D eigenvalue weighted by Gasteiger charge is -2.15. The van der Waals surface area contributed by atoms with E-state index >= 15 is 0 Å². The fraction of sp³-hybridized carbons (Fsp3) is 0.200. The first-order valence-corrected chi connectivity index (χ1v) is 6.73. The van der Waals surface area contributed by atoms with Crippen LogP contribution in [0.1, 0.15) is 17.3 Å². The number of rotatable bonds is 5. The number of ether oxygens (including phenoxy) is 1. The number of hydrogen-bond acceptors (Lipinski definition) is 3. The molecule has 0 spiro atoms. The largest absolute Gasteiger partial charge is 0.491 e. The zero-order chi connectivity index (χ0) is 15.2. The third kappa shape index (κ3) is 4.43. The quantitative estimate of drug-likeness (QED) is 0.923. The Morgan fingerprint density at radius 3 is 3.00 bits per heavy atom. The predicted octanol–water partition coefficient (Wildman–Crippen LogP) is 3.07. The number of benzene rings is 1. The van der Waals surface area contributed by atoms with Gasteiger partial charge in [-0.1, -0.05) is 17.7 Å². The van der Waals surface area contributed by atoms with Gasteiger partial charge in [0.1, 0.15) is 18.2 Å². The molecule has 1 atom stereocenters. The van der Waals surface area contributed by atoms with Crippen LogP contribution in [-0.2, 0) is 0 Å². The van der Waals surface area contributed by atoms with Gasteiger partial charge < -0.3 is 10.1 Å². The van der Waals surface area contributed by atoms with Crippen molar-refractivity contribution < 1.29 is 13.9 Å². The minimum absolute atomic E-state index is 0.220. The second kappa shape index (κ2) is 7.04. The van der Waals surface area contributed by atoms with Crippen LogP contribution in [0.2, 0.25) is 5.02 Å². The smallest absolute Gasteiger partial charge is 0.253 e.